The van der Waals surface area contributed by atoms with Gasteiger partial charge in [-0.3, -0.25) is 0 Å². The highest BCUT2D eigenvalue weighted by Gasteiger charge is 1.99. The summed E-state index contributed by atoms with van der Waals surface area (Å²) < 4.78 is 0. The molecule has 0 saturated carbocycles. The number of aliphatic carboxylic acids is 2. The van der Waals surface area contributed by atoms with E-state index < -0.39 is 11.9 Å². The molecule has 0 aromatic heterocycles. The van der Waals surface area contributed by atoms with Crippen LogP contribution in [-0.2, 0) is 9.59 Å². The van der Waals surface area contributed by atoms with Crippen molar-refractivity contribution in [2.24, 2.45) is 0 Å². The Bertz CT molecular complexity index is 998. The SMILES string of the molecule is O=C(O)C=CCCCCCCC=CCCCCCCCCCCCCCCCCCCCCCCCCCCCCCCCCCCCCCCCCCCCCCCC=CC(=O)O. The van der Waals surface area contributed by atoms with Gasteiger partial charge in [0.2, 0.25) is 0 Å². The maximum atomic E-state index is 10.4. The number of carboxylic acid groups (broad SMARTS) is 2. The van der Waals surface area contributed by atoms with E-state index in [1.54, 1.807) is 12.2 Å². The van der Waals surface area contributed by atoms with Gasteiger partial charge in [-0.1, -0.05) is 307 Å². The zero-order valence-corrected chi connectivity index (χ0v) is 42.9. The first-order valence-corrected chi connectivity index (χ1v) is 29.1. The molecule has 0 unspecified atom stereocenters. The summed E-state index contributed by atoms with van der Waals surface area (Å²) in [6.45, 7) is 0. The molecule has 2 N–H and O–H groups in total. The van der Waals surface area contributed by atoms with Crippen LogP contribution < -0.4 is 0 Å². The van der Waals surface area contributed by atoms with Crippen molar-refractivity contribution in [3.05, 3.63) is 36.5 Å². The van der Waals surface area contributed by atoms with Gasteiger partial charge in [-0.2, -0.15) is 0 Å². The largest absolute Gasteiger partial charge is 0.478 e. The maximum Gasteiger partial charge on any atom is 0.327 e. The molecule has 64 heavy (non-hydrogen) atoms. The fourth-order valence-corrected chi connectivity index (χ4v) is 9.43. The zero-order valence-electron chi connectivity index (χ0n) is 42.9. The molecule has 0 spiro atoms. The van der Waals surface area contributed by atoms with Crippen LogP contribution in [0.2, 0.25) is 0 Å². The average Bonchev–Trinajstić information content (AvgIpc) is 3.28. The highest BCUT2D eigenvalue weighted by atomic mass is 16.4. The summed E-state index contributed by atoms with van der Waals surface area (Å²) >= 11 is 0. The van der Waals surface area contributed by atoms with Crippen molar-refractivity contribution in [1.82, 2.24) is 0 Å². The van der Waals surface area contributed by atoms with Crippen molar-refractivity contribution >= 4 is 11.9 Å². The second kappa shape index (κ2) is 57.3. The van der Waals surface area contributed by atoms with Gasteiger partial charge < -0.3 is 10.2 Å². The van der Waals surface area contributed by atoms with E-state index in [0.29, 0.717) is 0 Å². The Morgan fingerprint density at radius 1 is 0.188 bits per heavy atom. The van der Waals surface area contributed by atoms with Crippen LogP contribution in [0.1, 0.15) is 334 Å². The first-order chi connectivity index (χ1) is 31.6. The number of hydrogen-bond donors (Lipinski definition) is 2. The third-order valence-corrected chi connectivity index (χ3v) is 13.7. The van der Waals surface area contributed by atoms with Crippen LogP contribution in [0.5, 0.6) is 0 Å². The minimum absolute atomic E-state index is 0.829. The van der Waals surface area contributed by atoms with E-state index in [1.165, 1.54) is 320 Å². The maximum absolute atomic E-state index is 10.4. The molecular weight excluding hydrogens is 785 g/mol. The van der Waals surface area contributed by atoms with Crippen molar-refractivity contribution in [2.75, 3.05) is 0 Å². The Labute approximate surface area is 400 Å². The molecule has 0 amide bonds. The Morgan fingerprint density at radius 2 is 0.297 bits per heavy atom. The predicted molar refractivity (Wildman–Crippen MR) is 283 cm³/mol. The highest BCUT2D eigenvalue weighted by molar-refractivity contribution is 5.79. The van der Waals surface area contributed by atoms with Crippen molar-refractivity contribution in [2.45, 2.75) is 334 Å². The molecule has 0 fully saturated rings. The zero-order chi connectivity index (χ0) is 46.2. The molecule has 0 aliphatic heterocycles. The number of hydrogen-bond acceptors (Lipinski definition) is 2. The smallest absolute Gasteiger partial charge is 0.327 e. The minimum atomic E-state index is -0.838. The van der Waals surface area contributed by atoms with E-state index in [2.05, 4.69) is 12.2 Å². The van der Waals surface area contributed by atoms with E-state index in [0.717, 1.165) is 25.7 Å². The number of rotatable bonds is 56. The highest BCUT2D eigenvalue weighted by Crippen LogP contribution is 2.19. The monoisotopic (exact) mass is 897 g/mol. The molecular formula is C60H112O4. The van der Waals surface area contributed by atoms with Crippen LogP contribution in [0.15, 0.2) is 36.5 Å². The standard InChI is InChI=1S/C60H112O4/c61-59(62)57-55-53-51-49-47-45-43-41-39-37-35-33-31-29-27-25-23-21-19-17-15-13-11-9-7-5-3-1-2-4-6-8-10-12-14-16-18-20-22-24-26-28-30-32-34-36-38-40-42-44-46-48-50-52-54-56-58-60(63)64/h39,41,55-58H,1-38,40,42-54H2,(H,61,62)(H,63,64). The molecule has 0 radical (unpaired) electrons. The molecule has 0 rings (SSSR count). The Kier molecular flexibility index (Phi) is 55.6. The number of allylic oxidation sites excluding steroid dienone is 4. The molecule has 0 aromatic rings. The molecule has 0 aromatic carbocycles. The summed E-state index contributed by atoms with van der Waals surface area (Å²) in [6.07, 6.45) is 83.0. The molecule has 0 heterocycles. The van der Waals surface area contributed by atoms with Crippen LogP contribution in [0.4, 0.5) is 0 Å². The van der Waals surface area contributed by atoms with Crippen molar-refractivity contribution in [1.29, 1.82) is 0 Å². The van der Waals surface area contributed by atoms with Gasteiger partial charge in [0.05, 0.1) is 0 Å². The first-order valence-electron chi connectivity index (χ1n) is 29.1. The summed E-state index contributed by atoms with van der Waals surface area (Å²) in [5.41, 5.74) is 0. The van der Waals surface area contributed by atoms with Gasteiger partial charge in [-0.05, 0) is 51.4 Å². The number of unbranched alkanes of at least 4 members (excludes halogenated alkanes) is 50. The van der Waals surface area contributed by atoms with Crippen molar-refractivity contribution < 1.29 is 19.8 Å². The Morgan fingerprint density at radius 3 is 0.422 bits per heavy atom. The predicted octanol–water partition coefficient (Wildman–Crippen LogP) is 21.1. The van der Waals surface area contributed by atoms with Crippen LogP contribution in [0.3, 0.4) is 0 Å². The molecule has 376 valence electrons. The van der Waals surface area contributed by atoms with Crippen molar-refractivity contribution in [3.8, 4) is 0 Å². The number of carboxylic acids is 2. The van der Waals surface area contributed by atoms with E-state index in [9.17, 15) is 9.59 Å². The first kappa shape index (κ1) is 62.2. The summed E-state index contributed by atoms with van der Waals surface area (Å²) in [7, 11) is 0. The third-order valence-electron chi connectivity index (χ3n) is 13.7. The third kappa shape index (κ3) is 60.2. The van der Waals surface area contributed by atoms with E-state index in [1.807, 2.05) is 0 Å². The molecule has 0 aliphatic carbocycles. The van der Waals surface area contributed by atoms with Gasteiger partial charge in [0.25, 0.3) is 0 Å². The summed E-state index contributed by atoms with van der Waals surface area (Å²) in [5, 5.41) is 17.2. The van der Waals surface area contributed by atoms with Gasteiger partial charge >= 0.3 is 11.9 Å². The van der Waals surface area contributed by atoms with Gasteiger partial charge in [0, 0.05) is 12.2 Å². The lowest BCUT2D eigenvalue weighted by Crippen LogP contribution is -1.86. The topological polar surface area (TPSA) is 74.6 Å². The van der Waals surface area contributed by atoms with Gasteiger partial charge in [-0.25, -0.2) is 9.59 Å². The van der Waals surface area contributed by atoms with Gasteiger partial charge in [0.1, 0.15) is 0 Å². The normalized spacial score (nSPS) is 11.9. The quantitative estimate of drug-likeness (QED) is 0.0362. The van der Waals surface area contributed by atoms with E-state index in [-0.39, 0.29) is 0 Å². The summed E-state index contributed by atoms with van der Waals surface area (Å²) in [5.74, 6) is -1.67. The molecule has 4 nitrogen and oxygen atoms in total. The second-order valence-corrected chi connectivity index (χ2v) is 20.1. The van der Waals surface area contributed by atoms with Crippen LogP contribution in [0.25, 0.3) is 0 Å². The Balaban J connectivity index is 3.11. The van der Waals surface area contributed by atoms with Crippen LogP contribution in [0, 0.1) is 0 Å². The molecule has 0 aliphatic rings. The lowest BCUT2D eigenvalue weighted by atomic mass is 10.0. The fraction of sp³-hybridized carbons (Fsp3) is 0.867. The Hall–Kier alpha value is -1.84. The lowest BCUT2D eigenvalue weighted by Gasteiger charge is -2.05. The number of carbonyl (C=O) groups is 2. The van der Waals surface area contributed by atoms with Gasteiger partial charge in [0.15, 0.2) is 0 Å². The van der Waals surface area contributed by atoms with Gasteiger partial charge in [-0.15, -0.1) is 0 Å². The summed E-state index contributed by atoms with van der Waals surface area (Å²) in [4.78, 5) is 20.9. The molecule has 4 heteroatoms. The van der Waals surface area contributed by atoms with Crippen LogP contribution in [-0.4, -0.2) is 22.2 Å². The molecule has 0 bridgehead atoms. The second-order valence-electron chi connectivity index (χ2n) is 20.1. The average molecular weight is 898 g/mol. The molecule has 0 saturated heterocycles. The summed E-state index contributed by atoms with van der Waals surface area (Å²) in [6, 6.07) is 0. The fourth-order valence-electron chi connectivity index (χ4n) is 9.43. The molecule has 0 atom stereocenters. The lowest BCUT2D eigenvalue weighted by molar-refractivity contribution is -0.132. The minimum Gasteiger partial charge on any atom is -0.478 e. The van der Waals surface area contributed by atoms with Crippen LogP contribution >= 0.6 is 0 Å². The van der Waals surface area contributed by atoms with Crippen molar-refractivity contribution in [3.63, 3.8) is 0 Å². The van der Waals surface area contributed by atoms with E-state index >= 15 is 0 Å². The van der Waals surface area contributed by atoms with E-state index in [4.69, 9.17) is 10.2 Å².